The summed E-state index contributed by atoms with van der Waals surface area (Å²) in [7, 11) is 0. The molecule has 0 bridgehead atoms. The second kappa shape index (κ2) is 6.58. The number of rotatable bonds is 3. The van der Waals surface area contributed by atoms with E-state index < -0.39 is 11.9 Å². The van der Waals surface area contributed by atoms with E-state index in [0.717, 1.165) is 5.57 Å². The number of hydrogen-bond donors (Lipinski definition) is 3. The molecule has 0 atom stereocenters. The van der Waals surface area contributed by atoms with E-state index in [0.29, 0.717) is 17.2 Å². The molecular formula is C14H19N3O2. The summed E-state index contributed by atoms with van der Waals surface area (Å²) in [5.41, 5.74) is 7.49. The molecule has 5 heteroatoms. The number of carbonyl (C=O) groups is 2. The Morgan fingerprint density at radius 2 is 1.79 bits per heavy atom. The van der Waals surface area contributed by atoms with Gasteiger partial charge in [0.25, 0.3) is 5.91 Å². The van der Waals surface area contributed by atoms with E-state index in [2.05, 4.69) is 10.6 Å². The third-order valence-electron chi connectivity index (χ3n) is 2.74. The third-order valence-corrected chi connectivity index (χ3v) is 2.74. The molecule has 0 unspecified atom stereocenters. The summed E-state index contributed by atoms with van der Waals surface area (Å²) in [5, 5.41) is 4.75. The maximum atomic E-state index is 11.7. The molecule has 4 N–H and O–H groups in total. The van der Waals surface area contributed by atoms with Crippen molar-refractivity contribution >= 4 is 17.6 Å². The molecule has 3 amide bonds. The fourth-order valence-electron chi connectivity index (χ4n) is 1.19. The molecular weight excluding hydrogens is 242 g/mol. The molecule has 0 aliphatic rings. The van der Waals surface area contributed by atoms with Crippen LogP contribution in [-0.4, -0.2) is 11.9 Å². The molecule has 102 valence electrons. The minimum absolute atomic E-state index is 0.341. The molecule has 1 aromatic carbocycles. The molecule has 1 aromatic rings. The second-order valence-corrected chi connectivity index (χ2v) is 4.59. The average molecular weight is 261 g/mol. The van der Waals surface area contributed by atoms with Gasteiger partial charge < -0.3 is 11.1 Å². The second-order valence-electron chi connectivity index (χ2n) is 4.59. The molecule has 0 aliphatic heterocycles. The van der Waals surface area contributed by atoms with E-state index >= 15 is 0 Å². The highest BCUT2D eigenvalue weighted by Gasteiger charge is 2.09. The van der Waals surface area contributed by atoms with Gasteiger partial charge in [0.1, 0.15) is 0 Å². The highest BCUT2D eigenvalue weighted by atomic mass is 16.2. The number of benzene rings is 1. The van der Waals surface area contributed by atoms with Crippen molar-refractivity contribution in [3.8, 4) is 0 Å². The highest BCUT2D eigenvalue weighted by Crippen LogP contribution is 2.06. The molecule has 0 radical (unpaired) electrons. The fraction of sp³-hybridized carbons (Fsp3) is 0.286. The first-order valence-corrected chi connectivity index (χ1v) is 6.04. The zero-order valence-corrected chi connectivity index (χ0v) is 11.4. The first kappa shape index (κ1) is 14.8. The van der Waals surface area contributed by atoms with E-state index in [1.807, 2.05) is 20.8 Å². The lowest BCUT2D eigenvalue weighted by molar-refractivity contribution is 0.0965. The summed E-state index contributed by atoms with van der Waals surface area (Å²) in [4.78, 5) is 23.2. The lowest BCUT2D eigenvalue weighted by atomic mass is 10.1. The van der Waals surface area contributed by atoms with Crippen LogP contribution in [-0.2, 0) is 0 Å². The summed E-state index contributed by atoms with van der Waals surface area (Å²) < 4.78 is 0. The number of carbonyl (C=O) groups excluding carboxylic acids is 2. The van der Waals surface area contributed by atoms with Gasteiger partial charge in [-0.1, -0.05) is 19.4 Å². The van der Waals surface area contributed by atoms with Crippen LogP contribution >= 0.6 is 0 Å². The predicted octanol–water partition coefficient (Wildman–Crippen LogP) is 2.27. The molecule has 19 heavy (non-hydrogen) atoms. The van der Waals surface area contributed by atoms with Crippen molar-refractivity contribution in [3.63, 3.8) is 0 Å². The Morgan fingerprint density at radius 1 is 1.21 bits per heavy atom. The Kier molecular flexibility index (Phi) is 5.11. The van der Waals surface area contributed by atoms with Gasteiger partial charge in [-0.2, -0.15) is 0 Å². The Morgan fingerprint density at radius 3 is 2.32 bits per heavy atom. The number of nitrogen functional groups attached to an aromatic ring is 1. The molecule has 0 heterocycles. The van der Waals surface area contributed by atoms with Crippen LogP contribution in [0.2, 0.25) is 0 Å². The lowest BCUT2D eigenvalue weighted by Crippen LogP contribution is -2.37. The van der Waals surface area contributed by atoms with E-state index in [1.54, 1.807) is 30.5 Å². The number of amides is 3. The molecule has 0 spiro atoms. The molecule has 0 aliphatic carbocycles. The first-order valence-electron chi connectivity index (χ1n) is 6.04. The van der Waals surface area contributed by atoms with Gasteiger partial charge in [-0.05, 0) is 37.1 Å². The summed E-state index contributed by atoms with van der Waals surface area (Å²) in [5.74, 6) is -0.124. The van der Waals surface area contributed by atoms with Gasteiger partial charge in [0.05, 0.1) is 0 Å². The summed E-state index contributed by atoms with van der Waals surface area (Å²) in [6, 6.07) is 5.78. The average Bonchev–Trinajstić information content (AvgIpc) is 2.36. The van der Waals surface area contributed by atoms with Gasteiger partial charge in [0.15, 0.2) is 0 Å². The number of hydrogen-bond acceptors (Lipinski definition) is 3. The van der Waals surface area contributed by atoms with E-state index in [9.17, 15) is 9.59 Å². The van der Waals surface area contributed by atoms with E-state index in [4.69, 9.17) is 5.73 Å². The number of nitrogens with two attached hydrogens (primary N) is 1. The summed E-state index contributed by atoms with van der Waals surface area (Å²) in [6.45, 7) is 5.95. The van der Waals surface area contributed by atoms with Crippen molar-refractivity contribution in [2.45, 2.75) is 20.8 Å². The zero-order chi connectivity index (χ0) is 14.4. The summed E-state index contributed by atoms with van der Waals surface area (Å²) in [6.07, 6.45) is 1.59. The predicted molar refractivity (Wildman–Crippen MR) is 75.4 cm³/mol. The monoisotopic (exact) mass is 261 g/mol. The first-order chi connectivity index (χ1) is 8.90. The Balaban J connectivity index is 2.55. The van der Waals surface area contributed by atoms with Crippen molar-refractivity contribution in [1.82, 2.24) is 10.6 Å². The van der Waals surface area contributed by atoms with Gasteiger partial charge in [0, 0.05) is 17.5 Å². The summed E-state index contributed by atoms with van der Waals surface area (Å²) >= 11 is 0. The largest absolute Gasteiger partial charge is 0.399 e. The molecule has 0 saturated carbocycles. The van der Waals surface area contributed by atoms with Crippen LogP contribution in [0, 0.1) is 5.92 Å². The van der Waals surface area contributed by atoms with Gasteiger partial charge in [-0.25, -0.2) is 4.79 Å². The van der Waals surface area contributed by atoms with E-state index in [-0.39, 0.29) is 0 Å². The number of anilines is 1. The number of urea groups is 1. The van der Waals surface area contributed by atoms with Crippen molar-refractivity contribution in [3.05, 3.63) is 41.6 Å². The molecule has 5 nitrogen and oxygen atoms in total. The van der Waals surface area contributed by atoms with Gasteiger partial charge in [-0.15, -0.1) is 0 Å². The zero-order valence-electron chi connectivity index (χ0n) is 11.4. The van der Waals surface area contributed by atoms with Crippen LogP contribution in [0.15, 0.2) is 36.0 Å². The molecule has 0 aromatic heterocycles. The maximum absolute atomic E-state index is 11.7. The number of nitrogens with one attached hydrogen (secondary N) is 2. The van der Waals surface area contributed by atoms with Gasteiger partial charge in [0.2, 0.25) is 0 Å². The molecule has 0 fully saturated rings. The normalized spacial score (nSPS) is 11.3. The lowest BCUT2D eigenvalue weighted by Gasteiger charge is -2.07. The smallest absolute Gasteiger partial charge is 0.325 e. The van der Waals surface area contributed by atoms with Gasteiger partial charge >= 0.3 is 6.03 Å². The van der Waals surface area contributed by atoms with Crippen LogP contribution in [0.5, 0.6) is 0 Å². The van der Waals surface area contributed by atoms with Crippen molar-refractivity contribution < 1.29 is 9.59 Å². The van der Waals surface area contributed by atoms with Crippen molar-refractivity contribution in [2.24, 2.45) is 5.92 Å². The van der Waals surface area contributed by atoms with E-state index in [1.165, 1.54) is 0 Å². The van der Waals surface area contributed by atoms with Crippen LogP contribution in [0.4, 0.5) is 10.5 Å². The minimum atomic E-state index is -0.554. The Bertz CT molecular complexity index is 490. The minimum Gasteiger partial charge on any atom is -0.399 e. The number of allylic oxidation sites excluding steroid dienone is 1. The van der Waals surface area contributed by atoms with Crippen LogP contribution in [0.3, 0.4) is 0 Å². The quantitative estimate of drug-likeness (QED) is 0.730. The maximum Gasteiger partial charge on any atom is 0.325 e. The topological polar surface area (TPSA) is 84.2 Å². The SMILES string of the molecule is C/C(=C\NC(=O)NC(=O)c1ccc(N)cc1)C(C)C. The standard InChI is InChI=1S/C14H19N3O2/c1-9(2)10(3)8-16-14(19)17-13(18)11-4-6-12(15)7-5-11/h4-9H,15H2,1-3H3,(H2,16,17,18,19)/b10-8+. The third kappa shape index (κ3) is 4.83. The highest BCUT2D eigenvalue weighted by molar-refractivity contribution is 6.04. The van der Waals surface area contributed by atoms with Crippen molar-refractivity contribution in [2.75, 3.05) is 5.73 Å². The molecule has 1 rings (SSSR count). The Hall–Kier alpha value is -2.30. The fourth-order valence-corrected chi connectivity index (χ4v) is 1.19. The van der Waals surface area contributed by atoms with Crippen LogP contribution in [0.25, 0.3) is 0 Å². The van der Waals surface area contributed by atoms with Crippen LogP contribution in [0.1, 0.15) is 31.1 Å². The molecule has 0 saturated heterocycles. The Labute approximate surface area is 112 Å². The van der Waals surface area contributed by atoms with Crippen LogP contribution < -0.4 is 16.4 Å². The number of imide groups is 1. The van der Waals surface area contributed by atoms with Gasteiger partial charge in [-0.3, -0.25) is 10.1 Å². The van der Waals surface area contributed by atoms with Crippen molar-refractivity contribution in [1.29, 1.82) is 0 Å².